The molecule has 19 heavy (non-hydrogen) atoms. The van der Waals surface area contributed by atoms with Crippen LogP contribution in [0.5, 0.6) is 0 Å². The second-order valence-corrected chi connectivity index (χ2v) is 4.55. The summed E-state index contributed by atoms with van der Waals surface area (Å²) >= 11 is 0. The van der Waals surface area contributed by atoms with Crippen molar-refractivity contribution in [1.82, 2.24) is 10.3 Å². The first-order valence-corrected chi connectivity index (χ1v) is 6.24. The van der Waals surface area contributed by atoms with Crippen LogP contribution >= 0.6 is 0 Å². The van der Waals surface area contributed by atoms with E-state index in [9.17, 15) is 4.79 Å². The van der Waals surface area contributed by atoms with E-state index < -0.39 is 5.60 Å². The Morgan fingerprint density at radius 3 is 3.11 bits per heavy atom. The van der Waals surface area contributed by atoms with Gasteiger partial charge in [0.25, 0.3) is 5.91 Å². The molecule has 1 amide bonds. The van der Waals surface area contributed by atoms with Crippen molar-refractivity contribution >= 4 is 11.6 Å². The van der Waals surface area contributed by atoms with Crippen molar-refractivity contribution in [3.8, 4) is 0 Å². The molecule has 0 aliphatic carbocycles. The number of carbonyl (C=O) groups is 1. The fraction of sp³-hybridized carbons (Fsp3) is 0.538. The molecular weight excluding hydrogens is 246 g/mol. The number of hydrogen-bond acceptors (Lipinski definition) is 5. The van der Waals surface area contributed by atoms with E-state index in [0.717, 1.165) is 12.1 Å². The van der Waals surface area contributed by atoms with Gasteiger partial charge in [-0.05, 0) is 12.1 Å². The van der Waals surface area contributed by atoms with Gasteiger partial charge < -0.3 is 20.1 Å². The molecule has 6 heteroatoms. The Kier molecular flexibility index (Phi) is 4.34. The van der Waals surface area contributed by atoms with Crippen molar-refractivity contribution in [2.45, 2.75) is 12.0 Å². The Bertz CT molecular complexity index is 445. The first-order chi connectivity index (χ1) is 9.19. The van der Waals surface area contributed by atoms with Crippen LogP contribution in [0.1, 0.15) is 16.9 Å². The van der Waals surface area contributed by atoms with E-state index in [-0.39, 0.29) is 5.91 Å². The van der Waals surface area contributed by atoms with E-state index in [1.54, 1.807) is 32.5 Å². The van der Waals surface area contributed by atoms with E-state index in [0.29, 0.717) is 25.5 Å². The Morgan fingerprint density at radius 2 is 2.47 bits per heavy atom. The summed E-state index contributed by atoms with van der Waals surface area (Å²) in [5, 5.41) is 5.82. The maximum absolute atomic E-state index is 12.0. The third kappa shape index (κ3) is 3.21. The van der Waals surface area contributed by atoms with Gasteiger partial charge in [-0.2, -0.15) is 0 Å². The van der Waals surface area contributed by atoms with Gasteiger partial charge in [0.15, 0.2) is 0 Å². The zero-order chi connectivity index (χ0) is 13.7. The maximum atomic E-state index is 12.0. The van der Waals surface area contributed by atoms with Crippen LogP contribution in [0.25, 0.3) is 0 Å². The molecule has 0 spiro atoms. The number of hydrogen-bond donors (Lipinski definition) is 2. The number of nitrogens with one attached hydrogen (secondary N) is 2. The lowest BCUT2D eigenvalue weighted by molar-refractivity contribution is -0.0149. The average molecular weight is 265 g/mol. The van der Waals surface area contributed by atoms with Crippen LogP contribution in [0, 0.1) is 0 Å². The highest BCUT2D eigenvalue weighted by Crippen LogP contribution is 2.21. The molecule has 1 saturated heterocycles. The lowest BCUT2D eigenvalue weighted by Crippen LogP contribution is -2.45. The molecule has 104 valence electrons. The third-order valence-corrected chi connectivity index (χ3v) is 3.35. The average Bonchev–Trinajstić information content (AvgIpc) is 2.94. The van der Waals surface area contributed by atoms with Gasteiger partial charge in [0, 0.05) is 45.6 Å². The summed E-state index contributed by atoms with van der Waals surface area (Å²) in [5.41, 5.74) is 0.832. The molecule has 0 saturated carbocycles. The fourth-order valence-corrected chi connectivity index (χ4v) is 2.00. The van der Waals surface area contributed by atoms with E-state index in [1.165, 1.54) is 0 Å². The molecule has 1 aliphatic rings. The van der Waals surface area contributed by atoms with Crippen LogP contribution in [0.4, 0.5) is 5.69 Å². The standard InChI is InChI=1S/C13H19N3O3/c1-14-10-3-5-15-11(7-10)12(17)16-8-13(18-2)4-6-19-9-13/h3,5,7H,4,6,8-9H2,1-2H3,(H,14,15)(H,16,17). The van der Waals surface area contributed by atoms with Crippen LogP contribution < -0.4 is 10.6 Å². The highest BCUT2D eigenvalue weighted by atomic mass is 16.5. The molecule has 1 aromatic rings. The highest BCUT2D eigenvalue weighted by molar-refractivity contribution is 5.93. The molecule has 1 aromatic heterocycles. The number of ether oxygens (including phenoxy) is 2. The molecule has 2 heterocycles. The van der Waals surface area contributed by atoms with E-state index in [2.05, 4.69) is 15.6 Å². The fourth-order valence-electron chi connectivity index (χ4n) is 2.00. The number of pyridine rings is 1. The van der Waals surface area contributed by atoms with Gasteiger partial charge in [-0.3, -0.25) is 9.78 Å². The summed E-state index contributed by atoms with van der Waals surface area (Å²) in [6, 6.07) is 3.51. The van der Waals surface area contributed by atoms with E-state index in [1.807, 2.05) is 0 Å². The highest BCUT2D eigenvalue weighted by Gasteiger charge is 2.35. The summed E-state index contributed by atoms with van der Waals surface area (Å²) < 4.78 is 10.8. The van der Waals surface area contributed by atoms with Crippen LogP contribution in [0.3, 0.4) is 0 Å². The predicted molar refractivity (Wildman–Crippen MR) is 71.3 cm³/mol. The van der Waals surface area contributed by atoms with Gasteiger partial charge in [-0.15, -0.1) is 0 Å². The normalized spacial score (nSPS) is 22.2. The second-order valence-electron chi connectivity index (χ2n) is 4.55. The zero-order valence-corrected chi connectivity index (χ0v) is 11.2. The maximum Gasteiger partial charge on any atom is 0.270 e. The van der Waals surface area contributed by atoms with Gasteiger partial charge in [-0.1, -0.05) is 0 Å². The Balaban J connectivity index is 1.97. The van der Waals surface area contributed by atoms with Gasteiger partial charge in [0.2, 0.25) is 0 Å². The van der Waals surface area contributed by atoms with Crippen molar-refractivity contribution < 1.29 is 14.3 Å². The molecular formula is C13H19N3O3. The topological polar surface area (TPSA) is 72.5 Å². The Labute approximate surface area is 112 Å². The number of aromatic nitrogens is 1. The number of methoxy groups -OCH3 is 1. The Morgan fingerprint density at radius 1 is 1.63 bits per heavy atom. The Hall–Kier alpha value is -1.66. The molecule has 1 fully saturated rings. The zero-order valence-electron chi connectivity index (χ0n) is 11.2. The van der Waals surface area contributed by atoms with Crippen molar-refractivity contribution in [1.29, 1.82) is 0 Å². The first-order valence-electron chi connectivity index (χ1n) is 6.24. The molecule has 2 N–H and O–H groups in total. The number of amides is 1. The van der Waals surface area contributed by atoms with Crippen molar-refractivity contribution in [3.05, 3.63) is 24.0 Å². The molecule has 0 radical (unpaired) electrons. The summed E-state index contributed by atoms with van der Waals surface area (Å²) in [6.07, 6.45) is 2.39. The minimum atomic E-state index is -0.406. The smallest absolute Gasteiger partial charge is 0.270 e. The third-order valence-electron chi connectivity index (χ3n) is 3.35. The summed E-state index contributed by atoms with van der Waals surface area (Å²) in [7, 11) is 3.44. The molecule has 1 atom stereocenters. The number of nitrogens with zero attached hydrogens (tertiary/aromatic N) is 1. The number of anilines is 1. The van der Waals surface area contributed by atoms with Crippen LogP contribution in [-0.2, 0) is 9.47 Å². The lowest BCUT2D eigenvalue weighted by atomic mass is 10.0. The van der Waals surface area contributed by atoms with Crippen molar-refractivity contribution in [3.63, 3.8) is 0 Å². The van der Waals surface area contributed by atoms with Gasteiger partial charge in [0.1, 0.15) is 11.3 Å². The number of carbonyl (C=O) groups excluding carboxylic acids is 1. The molecule has 1 aliphatic heterocycles. The molecule has 2 rings (SSSR count). The summed E-state index contributed by atoms with van der Waals surface area (Å²) in [6.45, 7) is 1.60. The predicted octanol–water partition coefficient (Wildman–Crippen LogP) is 0.659. The summed E-state index contributed by atoms with van der Waals surface area (Å²) in [4.78, 5) is 16.1. The van der Waals surface area contributed by atoms with Crippen molar-refractivity contribution in [2.75, 3.05) is 39.2 Å². The second kappa shape index (κ2) is 5.99. The number of rotatable bonds is 5. The molecule has 1 unspecified atom stereocenters. The van der Waals surface area contributed by atoms with Crippen LogP contribution in [-0.4, -0.2) is 50.4 Å². The van der Waals surface area contributed by atoms with E-state index in [4.69, 9.17) is 9.47 Å². The largest absolute Gasteiger partial charge is 0.388 e. The SMILES string of the molecule is CNc1ccnc(C(=O)NCC2(OC)CCOC2)c1. The van der Waals surface area contributed by atoms with Crippen LogP contribution in [0.2, 0.25) is 0 Å². The molecule has 0 aromatic carbocycles. The van der Waals surface area contributed by atoms with Gasteiger partial charge in [-0.25, -0.2) is 0 Å². The molecule has 6 nitrogen and oxygen atoms in total. The van der Waals surface area contributed by atoms with Crippen molar-refractivity contribution in [2.24, 2.45) is 0 Å². The van der Waals surface area contributed by atoms with Gasteiger partial charge in [0.05, 0.1) is 6.61 Å². The van der Waals surface area contributed by atoms with Gasteiger partial charge >= 0.3 is 0 Å². The van der Waals surface area contributed by atoms with Crippen LogP contribution in [0.15, 0.2) is 18.3 Å². The van der Waals surface area contributed by atoms with E-state index >= 15 is 0 Å². The minimum absolute atomic E-state index is 0.208. The lowest BCUT2D eigenvalue weighted by Gasteiger charge is -2.25. The molecule has 0 bridgehead atoms. The minimum Gasteiger partial charge on any atom is -0.388 e. The first kappa shape index (κ1) is 13.8. The monoisotopic (exact) mass is 265 g/mol. The summed E-state index contributed by atoms with van der Waals surface area (Å²) in [5.74, 6) is -0.208. The quantitative estimate of drug-likeness (QED) is 0.818.